The highest BCUT2D eigenvalue weighted by Crippen LogP contribution is 2.25. The van der Waals surface area contributed by atoms with Gasteiger partial charge < -0.3 is 19.8 Å². The van der Waals surface area contributed by atoms with E-state index in [0.717, 1.165) is 0 Å². The summed E-state index contributed by atoms with van der Waals surface area (Å²) in [5, 5.41) is 8.25. The fraction of sp³-hybridized carbons (Fsp3) is 0.800. The van der Waals surface area contributed by atoms with Crippen LogP contribution >= 0.6 is 7.82 Å². The van der Waals surface area contributed by atoms with Crippen molar-refractivity contribution in [2.75, 3.05) is 0 Å². The molecule has 74 valence electrons. The van der Waals surface area contributed by atoms with Gasteiger partial charge in [0.25, 0.3) is 0 Å². The highest BCUT2D eigenvalue weighted by atomic mass is 31.2. The standard InChI is InChI=1S/C5H10O2.H3O4P/c1-5(2,3)4(6)7;1-5(2,3)4/h1-3H3,(H,6,7);(H3,1,2,3,4). The molecule has 6 nitrogen and oxygen atoms in total. The van der Waals surface area contributed by atoms with Crippen LogP contribution in [0, 0.1) is 5.41 Å². The Morgan fingerprint density at radius 1 is 1.17 bits per heavy atom. The third-order valence-electron chi connectivity index (χ3n) is 0.642. The SMILES string of the molecule is CC(C)(C)C(=O)O.O=P(O)(O)O. The largest absolute Gasteiger partial charge is 0.481 e. The van der Waals surface area contributed by atoms with Gasteiger partial charge >= 0.3 is 13.8 Å². The second kappa shape index (κ2) is 4.57. The number of aliphatic carboxylic acids is 1. The van der Waals surface area contributed by atoms with Crippen LogP contribution in [0.5, 0.6) is 0 Å². The molecule has 0 radical (unpaired) electrons. The lowest BCUT2D eigenvalue weighted by Gasteiger charge is -2.08. The van der Waals surface area contributed by atoms with Crippen LogP contribution in [-0.4, -0.2) is 25.8 Å². The fourth-order valence-electron chi connectivity index (χ4n) is 0. The van der Waals surface area contributed by atoms with E-state index in [-0.39, 0.29) is 0 Å². The van der Waals surface area contributed by atoms with Crippen LogP contribution in [0.15, 0.2) is 0 Å². The molecule has 0 bridgehead atoms. The molecule has 0 aromatic heterocycles. The molecule has 0 rings (SSSR count). The molecule has 0 aliphatic carbocycles. The average molecular weight is 200 g/mol. The third kappa shape index (κ3) is 22.7. The maximum atomic E-state index is 10.0. The number of carboxylic acid groups (broad SMARTS) is 1. The van der Waals surface area contributed by atoms with Crippen LogP contribution < -0.4 is 0 Å². The van der Waals surface area contributed by atoms with E-state index in [9.17, 15) is 4.79 Å². The Labute approximate surface area is 70.1 Å². The van der Waals surface area contributed by atoms with Crippen LogP contribution in [-0.2, 0) is 9.36 Å². The molecule has 0 aliphatic heterocycles. The van der Waals surface area contributed by atoms with E-state index in [0.29, 0.717) is 0 Å². The zero-order valence-electron chi connectivity index (χ0n) is 7.05. The number of carboxylic acids is 1. The Kier molecular flexibility index (Phi) is 5.38. The van der Waals surface area contributed by atoms with Crippen molar-refractivity contribution in [1.82, 2.24) is 0 Å². The first-order chi connectivity index (χ1) is 4.94. The summed E-state index contributed by atoms with van der Waals surface area (Å²) >= 11 is 0. The van der Waals surface area contributed by atoms with E-state index in [2.05, 4.69) is 0 Å². The van der Waals surface area contributed by atoms with Gasteiger partial charge in [-0.3, -0.25) is 4.79 Å². The summed E-state index contributed by atoms with van der Waals surface area (Å²) in [5.74, 6) is -0.757. The summed E-state index contributed by atoms with van der Waals surface area (Å²) in [7, 11) is -4.64. The zero-order chi connectivity index (χ0) is 10.6. The van der Waals surface area contributed by atoms with Crippen molar-refractivity contribution in [3.05, 3.63) is 0 Å². The van der Waals surface area contributed by atoms with Gasteiger partial charge in [0, 0.05) is 0 Å². The van der Waals surface area contributed by atoms with Gasteiger partial charge in [-0.05, 0) is 20.8 Å². The Morgan fingerprint density at radius 3 is 1.25 bits per heavy atom. The van der Waals surface area contributed by atoms with Gasteiger partial charge in [-0.25, -0.2) is 4.57 Å². The van der Waals surface area contributed by atoms with E-state index in [1.165, 1.54) is 0 Å². The lowest BCUT2D eigenvalue weighted by Crippen LogP contribution is -2.18. The van der Waals surface area contributed by atoms with Gasteiger partial charge in [0.05, 0.1) is 5.41 Å². The molecule has 4 N–H and O–H groups in total. The first-order valence-corrected chi connectivity index (χ1v) is 4.53. The lowest BCUT2D eigenvalue weighted by atomic mass is 9.98. The monoisotopic (exact) mass is 200 g/mol. The Bertz CT molecular complexity index is 178. The maximum Gasteiger partial charge on any atom is 0.466 e. The first kappa shape index (κ1) is 14.1. The molecule has 7 heteroatoms. The molecular formula is C5H13O6P. The van der Waals surface area contributed by atoms with Crippen molar-refractivity contribution in [3.8, 4) is 0 Å². The van der Waals surface area contributed by atoms with Crippen molar-refractivity contribution < 1.29 is 29.1 Å². The molecule has 0 spiro atoms. The molecule has 0 amide bonds. The second-order valence-electron chi connectivity index (χ2n) is 3.07. The molecule has 0 heterocycles. The Hall–Kier alpha value is -0.420. The van der Waals surface area contributed by atoms with Crippen molar-refractivity contribution in [1.29, 1.82) is 0 Å². The van der Waals surface area contributed by atoms with Crippen LogP contribution in [0.2, 0.25) is 0 Å². The van der Waals surface area contributed by atoms with E-state index in [4.69, 9.17) is 24.4 Å². The molecule has 0 atom stereocenters. The number of hydrogen-bond donors (Lipinski definition) is 4. The summed E-state index contributed by atoms with van der Waals surface area (Å²) in [4.78, 5) is 31.6. The van der Waals surface area contributed by atoms with Crippen LogP contribution in [0.3, 0.4) is 0 Å². The van der Waals surface area contributed by atoms with E-state index in [1.807, 2.05) is 0 Å². The quantitative estimate of drug-likeness (QED) is 0.415. The predicted molar refractivity (Wildman–Crippen MR) is 41.4 cm³/mol. The summed E-state index contributed by atoms with van der Waals surface area (Å²) < 4.78 is 8.88. The van der Waals surface area contributed by atoms with Gasteiger partial charge in [0.1, 0.15) is 0 Å². The summed E-state index contributed by atoms with van der Waals surface area (Å²) in [6.45, 7) is 4.99. The van der Waals surface area contributed by atoms with Crippen LogP contribution in [0.25, 0.3) is 0 Å². The summed E-state index contributed by atoms with van der Waals surface area (Å²) in [5.41, 5.74) is -0.583. The zero-order valence-corrected chi connectivity index (χ0v) is 7.95. The number of hydrogen-bond acceptors (Lipinski definition) is 2. The highest BCUT2D eigenvalue weighted by Gasteiger charge is 2.18. The number of carbonyl (C=O) groups is 1. The minimum atomic E-state index is -4.64. The van der Waals surface area contributed by atoms with Gasteiger partial charge in [0.15, 0.2) is 0 Å². The van der Waals surface area contributed by atoms with Crippen molar-refractivity contribution in [3.63, 3.8) is 0 Å². The number of rotatable bonds is 0. The molecule has 0 saturated carbocycles. The van der Waals surface area contributed by atoms with Crippen molar-refractivity contribution >= 4 is 13.8 Å². The summed E-state index contributed by atoms with van der Waals surface area (Å²) in [6, 6.07) is 0. The highest BCUT2D eigenvalue weighted by molar-refractivity contribution is 7.45. The predicted octanol–water partition coefficient (Wildman–Crippen LogP) is 0.189. The lowest BCUT2D eigenvalue weighted by molar-refractivity contribution is -0.145. The molecule has 0 fully saturated rings. The van der Waals surface area contributed by atoms with Crippen LogP contribution in [0.1, 0.15) is 20.8 Å². The van der Waals surface area contributed by atoms with Crippen molar-refractivity contribution in [2.45, 2.75) is 20.8 Å². The topological polar surface area (TPSA) is 115 Å². The van der Waals surface area contributed by atoms with Crippen LogP contribution in [0.4, 0.5) is 0 Å². The fourth-order valence-corrected chi connectivity index (χ4v) is 0. The normalized spacial score (nSPS) is 11.5. The van der Waals surface area contributed by atoms with Gasteiger partial charge in [-0.15, -0.1) is 0 Å². The Morgan fingerprint density at radius 2 is 1.25 bits per heavy atom. The van der Waals surface area contributed by atoms with E-state index in [1.54, 1.807) is 20.8 Å². The molecule has 0 aliphatic rings. The smallest absolute Gasteiger partial charge is 0.466 e. The van der Waals surface area contributed by atoms with Gasteiger partial charge in [0.2, 0.25) is 0 Å². The van der Waals surface area contributed by atoms with Crippen molar-refractivity contribution in [2.24, 2.45) is 5.41 Å². The van der Waals surface area contributed by atoms with Gasteiger partial charge in [-0.2, -0.15) is 0 Å². The van der Waals surface area contributed by atoms with E-state index < -0.39 is 19.2 Å². The minimum absolute atomic E-state index is 0.583. The first-order valence-electron chi connectivity index (χ1n) is 2.96. The number of phosphoric acid groups is 1. The van der Waals surface area contributed by atoms with E-state index >= 15 is 0 Å². The average Bonchev–Trinajstić information content (AvgIpc) is 1.55. The third-order valence-corrected chi connectivity index (χ3v) is 0.642. The Balaban J connectivity index is 0. The van der Waals surface area contributed by atoms with Gasteiger partial charge in [-0.1, -0.05) is 0 Å². The molecule has 0 unspecified atom stereocenters. The molecule has 0 aromatic carbocycles. The molecular weight excluding hydrogens is 187 g/mol. The summed E-state index contributed by atoms with van der Waals surface area (Å²) in [6.07, 6.45) is 0. The molecule has 12 heavy (non-hydrogen) atoms. The second-order valence-corrected chi connectivity index (χ2v) is 4.09. The maximum absolute atomic E-state index is 10.0. The minimum Gasteiger partial charge on any atom is -0.481 e. The molecule has 0 saturated heterocycles. The molecule has 0 aromatic rings.